The van der Waals surface area contributed by atoms with Gasteiger partial charge in [0.1, 0.15) is 11.5 Å². The lowest BCUT2D eigenvalue weighted by molar-refractivity contribution is -0.151. The standard InChI is InChI=1S/C28H28N2O5/c1-18-4-7-22(8-5-18)29-26(31)17-34-28(33)21-15-27(32)30(16-21)23-9-12-24(13-10-23)35-25-11-6-19(2)20(3)14-25/h4-14,21H,15-17H2,1-3H3,(H,29,31)/t21-/m1/s1. The minimum absolute atomic E-state index is 0.0410. The summed E-state index contributed by atoms with van der Waals surface area (Å²) < 4.78 is 11.1. The monoisotopic (exact) mass is 472 g/mol. The highest BCUT2D eigenvalue weighted by atomic mass is 16.5. The number of aryl methyl sites for hydroxylation is 3. The second-order valence-corrected chi connectivity index (χ2v) is 8.77. The highest BCUT2D eigenvalue weighted by Gasteiger charge is 2.36. The molecule has 7 nitrogen and oxygen atoms in total. The van der Waals surface area contributed by atoms with Crippen molar-refractivity contribution in [1.82, 2.24) is 0 Å². The molecule has 35 heavy (non-hydrogen) atoms. The number of carbonyl (C=O) groups excluding carboxylic acids is 3. The molecular weight excluding hydrogens is 444 g/mol. The molecule has 1 aliphatic heterocycles. The number of hydrogen-bond donors (Lipinski definition) is 1. The predicted molar refractivity (Wildman–Crippen MR) is 134 cm³/mol. The first kappa shape index (κ1) is 24.0. The zero-order chi connectivity index (χ0) is 24.9. The van der Waals surface area contributed by atoms with Crippen LogP contribution in [0.1, 0.15) is 23.1 Å². The Hall–Kier alpha value is -4.13. The van der Waals surface area contributed by atoms with Gasteiger partial charge in [-0.3, -0.25) is 14.4 Å². The van der Waals surface area contributed by atoms with Crippen molar-refractivity contribution in [3.05, 3.63) is 83.4 Å². The quantitative estimate of drug-likeness (QED) is 0.493. The zero-order valence-electron chi connectivity index (χ0n) is 20.0. The van der Waals surface area contributed by atoms with Crippen molar-refractivity contribution in [3.63, 3.8) is 0 Å². The van der Waals surface area contributed by atoms with Gasteiger partial charge in [-0.2, -0.15) is 0 Å². The van der Waals surface area contributed by atoms with Crippen molar-refractivity contribution in [2.45, 2.75) is 27.2 Å². The molecule has 1 N–H and O–H groups in total. The van der Waals surface area contributed by atoms with E-state index in [9.17, 15) is 14.4 Å². The Morgan fingerprint density at radius 1 is 0.914 bits per heavy atom. The normalized spacial score (nSPS) is 15.1. The van der Waals surface area contributed by atoms with Crippen LogP contribution in [0.15, 0.2) is 66.7 Å². The maximum absolute atomic E-state index is 12.5. The minimum Gasteiger partial charge on any atom is -0.457 e. The fourth-order valence-corrected chi connectivity index (χ4v) is 3.81. The number of rotatable bonds is 7. The van der Waals surface area contributed by atoms with Gasteiger partial charge in [-0.1, -0.05) is 23.8 Å². The molecule has 0 saturated carbocycles. The van der Waals surface area contributed by atoms with E-state index in [2.05, 4.69) is 5.32 Å². The summed E-state index contributed by atoms with van der Waals surface area (Å²) in [7, 11) is 0. The number of nitrogens with one attached hydrogen (secondary N) is 1. The number of amides is 2. The van der Waals surface area contributed by atoms with Crippen LogP contribution in [0.4, 0.5) is 11.4 Å². The van der Waals surface area contributed by atoms with Gasteiger partial charge >= 0.3 is 5.97 Å². The van der Waals surface area contributed by atoms with Crippen LogP contribution < -0.4 is 15.0 Å². The summed E-state index contributed by atoms with van der Waals surface area (Å²) in [4.78, 5) is 38.7. The molecule has 0 spiro atoms. The highest BCUT2D eigenvalue weighted by molar-refractivity contribution is 6.00. The molecule has 4 rings (SSSR count). The van der Waals surface area contributed by atoms with E-state index in [0.29, 0.717) is 17.1 Å². The number of ether oxygens (including phenoxy) is 2. The number of carbonyl (C=O) groups is 3. The van der Waals surface area contributed by atoms with E-state index in [4.69, 9.17) is 9.47 Å². The maximum atomic E-state index is 12.5. The van der Waals surface area contributed by atoms with Gasteiger partial charge in [0.15, 0.2) is 6.61 Å². The summed E-state index contributed by atoms with van der Waals surface area (Å²) in [5, 5.41) is 2.68. The molecule has 1 aliphatic rings. The molecule has 7 heteroatoms. The van der Waals surface area contributed by atoms with Gasteiger partial charge in [0, 0.05) is 24.3 Å². The Morgan fingerprint density at radius 3 is 2.29 bits per heavy atom. The molecule has 3 aromatic rings. The first-order chi connectivity index (χ1) is 16.8. The van der Waals surface area contributed by atoms with Gasteiger partial charge in [0.2, 0.25) is 5.91 Å². The Morgan fingerprint density at radius 2 is 1.60 bits per heavy atom. The fraction of sp³-hybridized carbons (Fsp3) is 0.250. The van der Waals surface area contributed by atoms with Crippen LogP contribution >= 0.6 is 0 Å². The molecule has 1 heterocycles. The van der Waals surface area contributed by atoms with Crippen LogP contribution in [0, 0.1) is 26.7 Å². The zero-order valence-corrected chi connectivity index (χ0v) is 20.0. The number of anilines is 2. The fourth-order valence-electron chi connectivity index (χ4n) is 3.81. The van der Waals surface area contributed by atoms with Gasteiger partial charge in [-0.15, -0.1) is 0 Å². The molecule has 180 valence electrons. The first-order valence-electron chi connectivity index (χ1n) is 11.5. The Balaban J connectivity index is 1.29. The third-order valence-corrected chi connectivity index (χ3v) is 6.00. The Kier molecular flexibility index (Phi) is 7.15. The summed E-state index contributed by atoms with van der Waals surface area (Å²) in [6.07, 6.45) is 0.0410. The maximum Gasteiger partial charge on any atom is 0.311 e. The van der Waals surface area contributed by atoms with Crippen LogP contribution in [0.3, 0.4) is 0 Å². The van der Waals surface area contributed by atoms with Gasteiger partial charge in [0.25, 0.3) is 5.91 Å². The molecule has 0 radical (unpaired) electrons. The lowest BCUT2D eigenvalue weighted by atomic mass is 10.1. The average Bonchev–Trinajstić information content (AvgIpc) is 3.23. The van der Waals surface area contributed by atoms with E-state index in [-0.39, 0.29) is 18.9 Å². The van der Waals surface area contributed by atoms with Crippen molar-refractivity contribution in [2.24, 2.45) is 5.92 Å². The molecule has 3 aromatic carbocycles. The molecule has 0 aliphatic carbocycles. The Labute approximate surface area is 204 Å². The lowest BCUT2D eigenvalue weighted by Crippen LogP contribution is -2.28. The van der Waals surface area contributed by atoms with Crippen molar-refractivity contribution in [2.75, 3.05) is 23.4 Å². The van der Waals surface area contributed by atoms with Gasteiger partial charge in [-0.05, 0) is 80.4 Å². The molecule has 1 atom stereocenters. The third kappa shape index (κ3) is 6.06. The summed E-state index contributed by atoms with van der Waals surface area (Å²) in [6.45, 7) is 5.83. The molecular formula is C28H28N2O5. The molecule has 2 amide bonds. The van der Waals surface area contributed by atoms with Crippen LogP contribution in [0.2, 0.25) is 0 Å². The number of hydrogen-bond acceptors (Lipinski definition) is 5. The van der Waals surface area contributed by atoms with Gasteiger partial charge in [-0.25, -0.2) is 0 Å². The number of esters is 1. The van der Waals surface area contributed by atoms with Crippen molar-refractivity contribution in [3.8, 4) is 11.5 Å². The average molecular weight is 473 g/mol. The van der Waals surface area contributed by atoms with E-state index in [1.807, 2.05) is 51.1 Å². The van der Waals surface area contributed by atoms with E-state index in [0.717, 1.165) is 16.9 Å². The van der Waals surface area contributed by atoms with Gasteiger partial charge < -0.3 is 19.7 Å². The second kappa shape index (κ2) is 10.4. The van der Waals surface area contributed by atoms with E-state index in [1.54, 1.807) is 41.3 Å². The molecule has 0 unspecified atom stereocenters. The highest BCUT2D eigenvalue weighted by Crippen LogP contribution is 2.29. The molecule has 0 aromatic heterocycles. The van der Waals surface area contributed by atoms with Crippen LogP contribution in [0.25, 0.3) is 0 Å². The van der Waals surface area contributed by atoms with E-state index >= 15 is 0 Å². The van der Waals surface area contributed by atoms with Crippen LogP contribution in [-0.2, 0) is 19.1 Å². The number of nitrogens with zero attached hydrogens (tertiary/aromatic N) is 1. The second-order valence-electron chi connectivity index (χ2n) is 8.77. The summed E-state index contributed by atoms with van der Waals surface area (Å²) in [5.41, 5.74) is 4.72. The Bertz CT molecular complexity index is 1240. The molecule has 0 bridgehead atoms. The largest absolute Gasteiger partial charge is 0.457 e. The summed E-state index contributed by atoms with van der Waals surface area (Å²) in [6, 6.07) is 20.4. The third-order valence-electron chi connectivity index (χ3n) is 6.00. The van der Waals surface area contributed by atoms with Crippen molar-refractivity contribution < 1.29 is 23.9 Å². The van der Waals surface area contributed by atoms with E-state index in [1.165, 1.54) is 5.56 Å². The summed E-state index contributed by atoms with van der Waals surface area (Å²) in [5.74, 6) is -0.385. The van der Waals surface area contributed by atoms with E-state index < -0.39 is 24.4 Å². The predicted octanol–water partition coefficient (Wildman–Crippen LogP) is 4.94. The lowest BCUT2D eigenvalue weighted by Gasteiger charge is -2.17. The number of benzene rings is 3. The minimum atomic E-state index is -0.624. The molecule has 1 fully saturated rings. The van der Waals surface area contributed by atoms with Gasteiger partial charge in [0.05, 0.1) is 5.92 Å². The smallest absolute Gasteiger partial charge is 0.311 e. The molecule has 1 saturated heterocycles. The topological polar surface area (TPSA) is 84.9 Å². The SMILES string of the molecule is Cc1ccc(NC(=O)COC(=O)[C@@H]2CC(=O)N(c3ccc(Oc4ccc(C)c(C)c4)cc3)C2)cc1. The van der Waals surface area contributed by atoms with Crippen molar-refractivity contribution in [1.29, 1.82) is 0 Å². The first-order valence-corrected chi connectivity index (χ1v) is 11.5. The van der Waals surface area contributed by atoms with Crippen molar-refractivity contribution >= 4 is 29.2 Å². The summed E-state index contributed by atoms with van der Waals surface area (Å²) >= 11 is 0. The van der Waals surface area contributed by atoms with Crippen LogP contribution in [0.5, 0.6) is 11.5 Å². The van der Waals surface area contributed by atoms with Crippen LogP contribution in [-0.4, -0.2) is 30.9 Å².